The number of alkyl carbamates (subject to hydrolysis) is 1. The van der Waals surface area contributed by atoms with Gasteiger partial charge in [-0.15, -0.1) is 0 Å². The maximum atomic E-state index is 12.1. The average molecular weight is 353 g/mol. The molecule has 0 spiro atoms. The summed E-state index contributed by atoms with van der Waals surface area (Å²) in [6, 6.07) is -0.0182. The van der Waals surface area contributed by atoms with Gasteiger partial charge in [0, 0.05) is 18.7 Å². The van der Waals surface area contributed by atoms with E-state index in [9.17, 15) is 24.7 Å². The second kappa shape index (κ2) is 6.93. The van der Waals surface area contributed by atoms with Gasteiger partial charge in [0.2, 0.25) is 0 Å². The number of amides is 2. The molecule has 0 saturated heterocycles. The number of aliphatic carboxylic acids is 1. The van der Waals surface area contributed by atoms with Crippen molar-refractivity contribution in [1.29, 1.82) is 0 Å². The summed E-state index contributed by atoms with van der Waals surface area (Å²) in [4.78, 5) is 39.1. The van der Waals surface area contributed by atoms with Crippen LogP contribution >= 0.6 is 0 Å². The number of pyridine rings is 1. The Bertz CT molecular complexity index is 686. The topological polar surface area (TPSA) is 138 Å². The van der Waals surface area contributed by atoms with E-state index in [1.807, 2.05) is 0 Å². The zero-order valence-electron chi connectivity index (χ0n) is 13.9. The molecule has 136 valence electrons. The Morgan fingerprint density at radius 1 is 1.48 bits per heavy atom. The van der Waals surface area contributed by atoms with Crippen molar-refractivity contribution in [1.82, 2.24) is 10.3 Å². The van der Waals surface area contributed by atoms with E-state index >= 15 is 0 Å². The van der Waals surface area contributed by atoms with Crippen molar-refractivity contribution in [3.8, 4) is 5.75 Å². The number of carboxylic acids is 1. The number of hydroxylamine groups is 1. The van der Waals surface area contributed by atoms with E-state index in [0.717, 1.165) is 0 Å². The molecule has 2 rings (SSSR count). The van der Waals surface area contributed by atoms with Crippen LogP contribution in [-0.2, 0) is 14.3 Å². The molecular formula is C15H19N3O7. The highest BCUT2D eigenvalue weighted by atomic mass is 16.6. The monoisotopic (exact) mass is 353 g/mol. The van der Waals surface area contributed by atoms with Gasteiger partial charge in [0.05, 0.1) is 6.20 Å². The average Bonchev–Trinajstić information content (AvgIpc) is 2.49. The van der Waals surface area contributed by atoms with E-state index in [0.29, 0.717) is 5.06 Å². The van der Waals surface area contributed by atoms with Crippen LogP contribution in [0.5, 0.6) is 5.75 Å². The predicted molar refractivity (Wildman–Crippen MR) is 83.3 cm³/mol. The van der Waals surface area contributed by atoms with Gasteiger partial charge in [-0.05, 0) is 20.8 Å². The Hall–Kier alpha value is -2.88. The SMILES string of the molecule is CC(C)(C)OC(=O)NC(C[C@@H]1Oc2ccncc2N(O)C1=O)C(=O)O. The second-order valence-electron chi connectivity index (χ2n) is 6.37. The molecule has 0 saturated carbocycles. The van der Waals surface area contributed by atoms with Crippen molar-refractivity contribution in [2.24, 2.45) is 0 Å². The minimum atomic E-state index is -1.44. The van der Waals surface area contributed by atoms with E-state index in [1.54, 1.807) is 20.8 Å². The molecule has 3 N–H and O–H groups in total. The number of nitrogens with zero attached hydrogens (tertiary/aromatic N) is 2. The lowest BCUT2D eigenvalue weighted by molar-refractivity contribution is -0.141. The smallest absolute Gasteiger partial charge is 0.408 e. The molecule has 0 aliphatic carbocycles. The third-order valence-corrected chi connectivity index (χ3v) is 3.18. The Balaban J connectivity index is 2.11. The lowest BCUT2D eigenvalue weighted by atomic mass is 10.1. The van der Waals surface area contributed by atoms with Crippen LogP contribution in [-0.4, -0.2) is 51.0 Å². The van der Waals surface area contributed by atoms with Crippen molar-refractivity contribution in [2.75, 3.05) is 5.06 Å². The van der Waals surface area contributed by atoms with Crippen LogP contribution in [0.25, 0.3) is 0 Å². The van der Waals surface area contributed by atoms with Gasteiger partial charge in [-0.2, -0.15) is 5.06 Å². The molecule has 1 aliphatic heterocycles. The summed E-state index contributed by atoms with van der Waals surface area (Å²) in [6.07, 6.45) is 0.000707. The molecule has 10 heteroatoms. The number of carboxylic acid groups (broad SMARTS) is 1. The Kier molecular flexibility index (Phi) is 5.12. The number of carbonyl (C=O) groups excluding carboxylic acids is 2. The summed E-state index contributed by atoms with van der Waals surface area (Å²) >= 11 is 0. The molecule has 0 fully saturated rings. The second-order valence-corrected chi connectivity index (χ2v) is 6.37. The molecule has 1 aromatic rings. The number of hydrogen-bond acceptors (Lipinski definition) is 7. The Labute approximate surface area is 143 Å². The van der Waals surface area contributed by atoms with Gasteiger partial charge in [0.25, 0.3) is 5.91 Å². The molecule has 0 radical (unpaired) electrons. The summed E-state index contributed by atoms with van der Waals surface area (Å²) < 4.78 is 10.4. The van der Waals surface area contributed by atoms with E-state index < -0.39 is 42.1 Å². The number of anilines is 1. The van der Waals surface area contributed by atoms with Crippen molar-refractivity contribution in [3.63, 3.8) is 0 Å². The zero-order valence-corrected chi connectivity index (χ0v) is 13.9. The van der Waals surface area contributed by atoms with Gasteiger partial charge in [-0.3, -0.25) is 15.0 Å². The van der Waals surface area contributed by atoms with E-state index in [2.05, 4.69) is 10.3 Å². The number of hydrogen-bond donors (Lipinski definition) is 3. The van der Waals surface area contributed by atoms with E-state index in [1.165, 1.54) is 18.5 Å². The normalized spacial score (nSPS) is 18.0. The van der Waals surface area contributed by atoms with Gasteiger partial charge in [0.1, 0.15) is 23.1 Å². The molecule has 1 unspecified atom stereocenters. The van der Waals surface area contributed by atoms with Gasteiger partial charge in [0.15, 0.2) is 6.10 Å². The first-order chi connectivity index (χ1) is 11.6. The fraction of sp³-hybridized carbons (Fsp3) is 0.467. The van der Waals surface area contributed by atoms with Crippen molar-refractivity contribution < 1.29 is 34.2 Å². The Morgan fingerprint density at radius 3 is 2.76 bits per heavy atom. The standard InChI is InChI=1S/C15H19N3O7/c1-15(2,3)25-14(22)17-8(13(20)21)6-11-12(19)18(23)9-7-16-5-4-10(9)24-11/h4-5,7-8,11,23H,6H2,1-3H3,(H,17,22)(H,20,21)/t8?,11-/m0/s1. The first-order valence-corrected chi connectivity index (χ1v) is 7.44. The molecule has 25 heavy (non-hydrogen) atoms. The van der Waals surface area contributed by atoms with Gasteiger partial charge in [-0.25, -0.2) is 9.59 Å². The predicted octanol–water partition coefficient (Wildman–Crippen LogP) is 0.933. The molecule has 0 bridgehead atoms. The number of carbonyl (C=O) groups is 3. The fourth-order valence-electron chi connectivity index (χ4n) is 2.13. The van der Waals surface area contributed by atoms with Crippen LogP contribution in [0, 0.1) is 0 Å². The molecule has 2 atom stereocenters. The minimum absolute atomic E-state index is 0.0516. The van der Waals surface area contributed by atoms with E-state index in [4.69, 9.17) is 9.47 Å². The number of aromatic nitrogens is 1. The van der Waals surface area contributed by atoms with Crippen LogP contribution in [0.2, 0.25) is 0 Å². The molecule has 0 aromatic carbocycles. The third kappa shape index (κ3) is 4.57. The zero-order chi connectivity index (χ0) is 18.8. The van der Waals surface area contributed by atoms with Crippen molar-refractivity contribution >= 4 is 23.7 Å². The third-order valence-electron chi connectivity index (χ3n) is 3.18. The Morgan fingerprint density at radius 2 is 2.16 bits per heavy atom. The molecule has 1 aliphatic rings. The molecule has 2 amide bonds. The molecular weight excluding hydrogens is 334 g/mol. The molecule has 2 heterocycles. The molecule has 1 aromatic heterocycles. The van der Waals surface area contributed by atoms with Crippen LogP contribution in [0.15, 0.2) is 18.5 Å². The summed E-state index contributed by atoms with van der Waals surface area (Å²) in [5.41, 5.74) is -0.756. The van der Waals surface area contributed by atoms with Gasteiger partial charge in [-0.1, -0.05) is 0 Å². The highest BCUT2D eigenvalue weighted by Crippen LogP contribution is 2.32. The number of fused-ring (bicyclic) bond motifs is 1. The first-order valence-electron chi connectivity index (χ1n) is 7.44. The quantitative estimate of drug-likeness (QED) is 0.680. The lowest BCUT2D eigenvalue weighted by Gasteiger charge is -2.31. The fourth-order valence-corrected chi connectivity index (χ4v) is 2.13. The number of ether oxygens (including phenoxy) is 2. The van der Waals surface area contributed by atoms with Crippen LogP contribution in [0.1, 0.15) is 27.2 Å². The van der Waals surface area contributed by atoms with Gasteiger partial charge >= 0.3 is 12.1 Å². The number of nitrogens with one attached hydrogen (secondary N) is 1. The summed E-state index contributed by atoms with van der Waals surface area (Å²) in [6.45, 7) is 4.89. The van der Waals surface area contributed by atoms with Crippen LogP contribution in [0.3, 0.4) is 0 Å². The van der Waals surface area contributed by atoms with Crippen molar-refractivity contribution in [2.45, 2.75) is 44.9 Å². The van der Waals surface area contributed by atoms with E-state index in [-0.39, 0.29) is 11.4 Å². The maximum absolute atomic E-state index is 12.1. The van der Waals surface area contributed by atoms with Crippen molar-refractivity contribution in [3.05, 3.63) is 18.5 Å². The first kappa shape index (κ1) is 18.5. The highest BCUT2D eigenvalue weighted by Gasteiger charge is 2.38. The summed E-state index contributed by atoms with van der Waals surface area (Å²) in [7, 11) is 0. The van der Waals surface area contributed by atoms with Gasteiger partial charge < -0.3 is 19.9 Å². The van der Waals surface area contributed by atoms with Crippen LogP contribution < -0.4 is 15.1 Å². The molecule has 10 nitrogen and oxygen atoms in total. The lowest BCUT2D eigenvalue weighted by Crippen LogP contribution is -2.51. The maximum Gasteiger partial charge on any atom is 0.408 e. The number of rotatable bonds is 4. The largest absolute Gasteiger partial charge is 0.480 e. The van der Waals surface area contributed by atoms with Crippen LogP contribution in [0.4, 0.5) is 10.5 Å². The summed E-state index contributed by atoms with van der Waals surface area (Å²) in [5.74, 6) is -2.06. The highest BCUT2D eigenvalue weighted by molar-refractivity contribution is 5.98. The summed E-state index contributed by atoms with van der Waals surface area (Å²) in [5, 5.41) is 21.7. The minimum Gasteiger partial charge on any atom is -0.480 e.